The molecule has 8 heavy (non-hydrogen) atoms. The molecule has 0 amide bonds. The molecule has 1 rings (SSSR count). The van der Waals surface area contributed by atoms with Crippen LogP contribution in [0.25, 0.3) is 0 Å². The van der Waals surface area contributed by atoms with Gasteiger partial charge in [-0.2, -0.15) is 0 Å². The molecule has 5 heteroatoms. The van der Waals surface area contributed by atoms with Crippen molar-refractivity contribution in [2.24, 2.45) is 0 Å². The molecule has 0 radical (unpaired) electrons. The SMILES string of the molecule is O=S1(=O)CCC[I-]O1. The molecule has 0 bridgehead atoms. The topological polar surface area (TPSA) is 43.4 Å². The Morgan fingerprint density at radius 1 is 1.50 bits per heavy atom. The maximum atomic E-state index is 10.5. The molecule has 1 fully saturated rings. The Hall–Kier alpha value is 0.640. The van der Waals surface area contributed by atoms with Crippen LogP contribution < -0.4 is 21.6 Å². The molecule has 0 atom stereocenters. The summed E-state index contributed by atoms with van der Waals surface area (Å²) >= 11 is -0.463. The molecule has 0 N–H and O–H groups in total. The van der Waals surface area contributed by atoms with Crippen molar-refractivity contribution in [3.05, 3.63) is 0 Å². The zero-order valence-electron chi connectivity index (χ0n) is 4.13. The first kappa shape index (κ1) is 6.76. The van der Waals surface area contributed by atoms with E-state index in [-0.39, 0.29) is 5.75 Å². The second-order valence-electron chi connectivity index (χ2n) is 1.48. The fraction of sp³-hybridized carbons (Fsp3) is 1.00. The number of hydrogen-bond acceptors (Lipinski definition) is 3. The van der Waals surface area contributed by atoms with Crippen LogP contribution in [0.4, 0.5) is 0 Å². The van der Waals surface area contributed by atoms with Crippen molar-refractivity contribution < 1.29 is 32.6 Å². The Morgan fingerprint density at radius 3 is 2.50 bits per heavy atom. The summed E-state index contributed by atoms with van der Waals surface area (Å²) in [4.78, 5) is 0. The Bertz CT molecular complexity index is 149. The van der Waals surface area contributed by atoms with Crippen LogP contribution in [0.2, 0.25) is 0 Å². The third kappa shape index (κ3) is 1.87. The summed E-state index contributed by atoms with van der Waals surface area (Å²) in [5, 5.41) is 0. The second kappa shape index (κ2) is 2.49. The van der Waals surface area contributed by atoms with Gasteiger partial charge in [0.2, 0.25) is 0 Å². The van der Waals surface area contributed by atoms with Crippen molar-refractivity contribution in [1.29, 1.82) is 0 Å². The van der Waals surface area contributed by atoms with Crippen molar-refractivity contribution in [2.45, 2.75) is 6.42 Å². The second-order valence-corrected chi connectivity index (χ2v) is 5.91. The minimum absolute atomic E-state index is 0.229. The minimum atomic E-state index is -3.03. The Kier molecular flexibility index (Phi) is 2.10. The quantitative estimate of drug-likeness (QED) is 0.334. The van der Waals surface area contributed by atoms with E-state index in [2.05, 4.69) is 2.51 Å². The Labute approximate surface area is 59.3 Å². The standard InChI is InChI=1S/C3H6IO3S/c5-8(6)3-1-2-4-7-8/h1-3H2/q-1. The fourth-order valence-electron chi connectivity index (χ4n) is 0.417. The number of hydrogen-bond donors (Lipinski definition) is 0. The van der Waals surface area contributed by atoms with Gasteiger partial charge in [-0.05, 0) is 0 Å². The van der Waals surface area contributed by atoms with Gasteiger partial charge in [0, 0.05) is 0 Å². The maximum absolute atomic E-state index is 10.5. The summed E-state index contributed by atoms with van der Waals surface area (Å²) < 4.78 is 26.4. The molecule has 0 aromatic carbocycles. The van der Waals surface area contributed by atoms with E-state index in [9.17, 15) is 8.42 Å². The summed E-state index contributed by atoms with van der Waals surface area (Å²) in [6.07, 6.45) is 0.801. The normalized spacial score (nSPS) is 28.5. The molecule has 0 aliphatic carbocycles. The monoisotopic (exact) mass is 249 g/mol. The van der Waals surface area contributed by atoms with Crippen LogP contribution >= 0.6 is 0 Å². The van der Waals surface area contributed by atoms with Crippen LogP contribution in [-0.4, -0.2) is 18.6 Å². The zero-order valence-corrected chi connectivity index (χ0v) is 7.11. The molecule has 0 aromatic rings. The first-order valence-corrected chi connectivity index (χ1v) is 6.19. The summed E-state index contributed by atoms with van der Waals surface area (Å²) in [5.74, 6) is 0.229. The molecular formula is C3H6IO3S-. The molecule has 0 unspecified atom stereocenters. The van der Waals surface area contributed by atoms with Gasteiger partial charge in [-0.3, -0.25) is 0 Å². The number of rotatable bonds is 0. The van der Waals surface area contributed by atoms with Gasteiger partial charge < -0.3 is 0 Å². The van der Waals surface area contributed by atoms with Gasteiger partial charge in [0.1, 0.15) is 0 Å². The van der Waals surface area contributed by atoms with E-state index in [0.717, 1.165) is 10.8 Å². The van der Waals surface area contributed by atoms with Crippen LogP contribution in [0, 0.1) is 0 Å². The van der Waals surface area contributed by atoms with E-state index in [1.54, 1.807) is 0 Å². The molecule has 3 nitrogen and oxygen atoms in total. The van der Waals surface area contributed by atoms with Crippen LogP contribution in [0.5, 0.6) is 0 Å². The fourth-order valence-corrected chi connectivity index (χ4v) is 4.63. The summed E-state index contributed by atoms with van der Waals surface area (Å²) in [6.45, 7) is 0. The van der Waals surface area contributed by atoms with Crippen molar-refractivity contribution in [1.82, 2.24) is 0 Å². The molecule has 1 aliphatic heterocycles. The van der Waals surface area contributed by atoms with Crippen molar-refractivity contribution in [3.63, 3.8) is 0 Å². The Morgan fingerprint density at radius 2 is 2.25 bits per heavy atom. The van der Waals surface area contributed by atoms with Crippen LogP contribution in [0.15, 0.2) is 0 Å². The zero-order chi connectivity index (χ0) is 6.04. The van der Waals surface area contributed by atoms with Gasteiger partial charge in [-0.1, -0.05) is 0 Å². The van der Waals surface area contributed by atoms with Crippen molar-refractivity contribution in [2.75, 3.05) is 10.2 Å². The van der Waals surface area contributed by atoms with Crippen LogP contribution in [0.3, 0.4) is 0 Å². The molecule has 0 aromatic heterocycles. The number of halogens is 1. The van der Waals surface area contributed by atoms with E-state index in [1.165, 1.54) is 0 Å². The van der Waals surface area contributed by atoms with Gasteiger partial charge in [-0.25, -0.2) is 0 Å². The van der Waals surface area contributed by atoms with E-state index < -0.39 is 31.7 Å². The third-order valence-corrected chi connectivity index (χ3v) is 5.42. The molecule has 0 spiro atoms. The summed E-state index contributed by atoms with van der Waals surface area (Å²) in [7, 11) is -3.03. The van der Waals surface area contributed by atoms with Gasteiger partial charge in [0.25, 0.3) is 0 Å². The average Bonchev–Trinajstić information content (AvgIpc) is 1.65. The molecule has 50 valence electrons. The third-order valence-electron chi connectivity index (χ3n) is 0.746. The van der Waals surface area contributed by atoms with Crippen LogP contribution in [0.1, 0.15) is 6.42 Å². The van der Waals surface area contributed by atoms with E-state index in [0.29, 0.717) is 0 Å². The first-order valence-electron chi connectivity index (χ1n) is 2.21. The van der Waals surface area contributed by atoms with Gasteiger partial charge in [0.05, 0.1) is 0 Å². The average molecular weight is 249 g/mol. The summed E-state index contributed by atoms with van der Waals surface area (Å²) in [5.41, 5.74) is 0. The van der Waals surface area contributed by atoms with Gasteiger partial charge >= 0.3 is 59.3 Å². The molecule has 1 heterocycles. The molecule has 0 saturated carbocycles. The summed E-state index contributed by atoms with van der Waals surface area (Å²) in [6, 6.07) is 0. The predicted octanol–water partition coefficient (Wildman–Crippen LogP) is -3.26. The molecule has 1 saturated heterocycles. The van der Waals surface area contributed by atoms with Crippen LogP contribution in [-0.2, 0) is 12.6 Å². The molecular weight excluding hydrogens is 243 g/mol. The number of alkyl halides is 1. The van der Waals surface area contributed by atoms with Crippen molar-refractivity contribution >= 4 is 10.1 Å². The van der Waals surface area contributed by atoms with Gasteiger partial charge in [-0.15, -0.1) is 0 Å². The predicted molar refractivity (Wildman–Crippen MR) is 24.4 cm³/mol. The van der Waals surface area contributed by atoms with E-state index >= 15 is 0 Å². The Balaban J connectivity index is 2.58. The first-order chi connectivity index (χ1) is 3.71. The van der Waals surface area contributed by atoms with Gasteiger partial charge in [0.15, 0.2) is 0 Å². The van der Waals surface area contributed by atoms with Crippen molar-refractivity contribution in [3.8, 4) is 0 Å². The van der Waals surface area contributed by atoms with E-state index in [4.69, 9.17) is 0 Å². The van der Waals surface area contributed by atoms with E-state index in [1.807, 2.05) is 0 Å². The molecule has 1 aliphatic rings.